The predicted molar refractivity (Wildman–Crippen MR) is 544 cm³/mol. The third-order valence-corrected chi connectivity index (χ3v) is 25.0. The number of aryl methyl sites for hydroxylation is 1. The molecule has 27 rings (SSSR count). The van der Waals surface area contributed by atoms with Crippen molar-refractivity contribution in [1.29, 1.82) is 0 Å². The van der Waals surface area contributed by atoms with E-state index in [0.717, 1.165) is 114 Å². The third-order valence-electron chi connectivity index (χ3n) is 25.0. The van der Waals surface area contributed by atoms with Gasteiger partial charge in [-0.15, -0.1) is 0 Å². The summed E-state index contributed by atoms with van der Waals surface area (Å²) < 4.78 is 233. The Hall–Kier alpha value is -16.7. The van der Waals surface area contributed by atoms with Gasteiger partial charge in [0, 0.05) is 37.9 Å². The monoisotopic (exact) mass is 1650 g/mol. The lowest BCUT2D eigenvalue weighted by atomic mass is 9.85. The predicted octanol–water partition coefficient (Wildman–Crippen LogP) is 35.9. The minimum atomic E-state index is -0.430. The van der Waals surface area contributed by atoms with Crippen LogP contribution in [0, 0.1) is 6.92 Å². The van der Waals surface area contributed by atoms with E-state index in [1.807, 2.05) is 171 Å². The zero-order valence-electron chi connectivity index (χ0n) is 92.2. The molecule has 0 saturated carbocycles. The second kappa shape index (κ2) is 30.4. The highest BCUT2D eigenvalue weighted by Gasteiger charge is 2.25. The number of rotatable bonds is 8. The van der Waals surface area contributed by atoms with Crippen molar-refractivity contribution in [3.63, 3.8) is 0 Å². The summed E-state index contributed by atoms with van der Waals surface area (Å²) in [5, 5.41) is 16.0. The lowest BCUT2D eigenvalue weighted by molar-refractivity contribution is 0.669. The molecule has 0 spiro atoms. The van der Waals surface area contributed by atoms with E-state index in [9.17, 15) is 8.22 Å². The Labute approximate surface area is 771 Å². The molecule has 0 N–H and O–H groups in total. The molecule has 3 nitrogen and oxygen atoms in total. The van der Waals surface area contributed by atoms with Crippen LogP contribution in [0.5, 0.6) is 0 Å². The van der Waals surface area contributed by atoms with Gasteiger partial charge in [-0.05, 0) is 276 Å². The van der Waals surface area contributed by atoms with E-state index >= 15 is 0 Å². The molecule has 0 amide bonds. The Morgan fingerprint density at radius 2 is 0.414 bits per heavy atom. The SMILES string of the molecule is [2H]c1c([2H])c([2H])c2c(-c3ccc4cc(-c5ccc6oc7cc8ccccc8cc7c6c5)ccc4c3)c3c([2H])c([2H])c([2H])c([2H])c3c(-c3ccccc3)c2c1[2H].[2H]c1c([2H])c([2H])c2c(-c3ccc4oc5cc6ccccc6c(-c6ccccc6)c5c4c3)c3c([2H])c([2H])c([2H])c([2H])c3c(-c3ccccc3)c2c1[2H].[2H]c1c([2H])c([2H])c2c(-c3ccc4oc5cc6ccccc6c(C)c5c4c3)c3c([2H])c([2H])c([2H])c([2H])c3c(-c3ccccc3)c2c1[2H]. The molecule has 0 saturated heterocycles. The number of fused-ring (bicyclic) bond motifs is 19. The van der Waals surface area contributed by atoms with Gasteiger partial charge in [-0.25, -0.2) is 0 Å². The van der Waals surface area contributed by atoms with Crippen LogP contribution in [-0.2, 0) is 0 Å². The second-order valence-corrected chi connectivity index (χ2v) is 32.1. The van der Waals surface area contributed by atoms with Crippen molar-refractivity contribution < 1.29 is 46.1 Å². The molecule has 0 atom stereocenters. The molecule has 3 heteroatoms. The van der Waals surface area contributed by atoms with Crippen LogP contribution in [0.4, 0.5) is 0 Å². The Morgan fingerprint density at radius 1 is 0.156 bits per heavy atom. The molecule has 3 heterocycles. The van der Waals surface area contributed by atoms with E-state index in [4.69, 9.17) is 37.9 Å². The van der Waals surface area contributed by atoms with E-state index in [0.29, 0.717) is 89.1 Å². The van der Waals surface area contributed by atoms with Gasteiger partial charge in [0.2, 0.25) is 0 Å². The van der Waals surface area contributed by atoms with Gasteiger partial charge in [-0.1, -0.05) is 382 Å². The summed E-state index contributed by atoms with van der Waals surface area (Å²) in [7, 11) is 0. The Morgan fingerprint density at radius 3 is 0.844 bits per heavy atom. The van der Waals surface area contributed by atoms with Gasteiger partial charge in [-0.3, -0.25) is 0 Å². The van der Waals surface area contributed by atoms with Crippen molar-refractivity contribution in [3.05, 3.63) is 460 Å². The summed E-state index contributed by atoms with van der Waals surface area (Å²) in [5.41, 5.74) is 14.7. The van der Waals surface area contributed by atoms with E-state index in [2.05, 4.69) is 60.7 Å². The Kier molecular flexibility index (Phi) is 12.7. The minimum Gasteiger partial charge on any atom is -0.456 e. The summed E-state index contributed by atoms with van der Waals surface area (Å²) in [6.07, 6.45) is 0. The fourth-order valence-corrected chi connectivity index (χ4v) is 19.3. The van der Waals surface area contributed by atoms with E-state index in [1.165, 1.54) is 0 Å². The molecule has 0 unspecified atom stereocenters. The molecule has 0 bridgehead atoms. The fourth-order valence-electron chi connectivity index (χ4n) is 19.3. The van der Waals surface area contributed by atoms with Gasteiger partial charge in [0.15, 0.2) is 0 Å². The third kappa shape index (κ3) is 12.3. The molecular weight excluding hydrogens is 1550 g/mol. The quantitative estimate of drug-likeness (QED) is 0.142. The van der Waals surface area contributed by atoms with Crippen molar-refractivity contribution in [2.75, 3.05) is 0 Å². The molecule has 27 aromatic rings. The van der Waals surface area contributed by atoms with Gasteiger partial charge >= 0.3 is 0 Å². The first-order valence-corrected chi connectivity index (χ1v) is 42.1. The normalized spacial score (nSPS) is 14.4. The zero-order chi connectivity index (χ0) is 105. The molecule has 0 fully saturated rings. The van der Waals surface area contributed by atoms with Crippen LogP contribution in [0.15, 0.2) is 468 Å². The van der Waals surface area contributed by atoms with Gasteiger partial charge < -0.3 is 13.3 Å². The molecule has 24 aromatic carbocycles. The minimum absolute atomic E-state index is 0.179. The van der Waals surface area contributed by atoms with Crippen molar-refractivity contribution in [3.8, 4) is 89.0 Å². The average molecular weight is 1650 g/mol. The van der Waals surface area contributed by atoms with Crippen molar-refractivity contribution in [2.45, 2.75) is 6.92 Å². The first-order chi connectivity index (χ1) is 73.4. The van der Waals surface area contributed by atoms with E-state index < -0.39 is 72.5 Å². The first-order valence-electron chi connectivity index (χ1n) is 54.1. The lowest BCUT2D eigenvalue weighted by Crippen LogP contribution is -1.90. The van der Waals surface area contributed by atoms with Gasteiger partial charge in [0.25, 0.3) is 0 Å². The standard InChI is InChI=1S/C46H28O.C42H26O.C37H24O/c1-2-10-29(11-3-1)45-37-14-6-8-16-39(37)46(40-17-9-7-15-38(40)45)36-21-20-32-24-33(18-19-34(32)25-36)35-22-23-43-41(27-35)42-26-30-12-4-5-13-31(30)28-44(42)47-43;1-3-13-27(14-4-1)39-32-19-9-11-21-34(32)40(35-22-12-10-20-33(35)39)30-23-24-37-36(25-30)42-38(43-37)26-29-17-7-8-18-31(29)41(42)28-15-5-2-6-16-28;1-23-27-14-6-5-13-25(27)22-34-35(23)32-21-26(19-20-33(32)38-34)37-30-17-9-7-15-28(30)36(24-11-3-2-4-12-24)29-16-8-10-18-31(29)37/h1-28H;1-26H;2-22H,1H3/i6D,7D,8D,9D,14D,15D,16D,17D;9D,10D,11D,12D,19D,20D,21D,22D;7D,8D,9D,10D,15D,16D,17D,18D. The van der Waals surface area contributed by atoms with Crippen LogP contribution in [0.25, 0.3) is 263 Å². The van der Waals surface area contributed by atoms with Crippen molar-refractivity contribution in [2.24, 2.45) is 0 Å². The zero-order valence-corrected chi connectivity index (χ0v) is 68.2. The molecular formula is C125H78O3. The van der Waals surface area contributed by atoms with Crippen molar-refractivity contribution in [1.82, 2.24) is 0 Å². The average Bonchev–Trinajstić information content (AvgIpc) is 1.42. The summed E-state index contributed by atoms with van der Waals surface area (Å²) in [4.78, 5) is 0. The number of hydrogen-bond donors (Lipinski definition) is 0. The van der Waals surface area contributed by atoms with Gasteiger partial charge in [0.05, 0.1) is 32.9 Å². The molecule has 0 aliphatic rings. The smallest absolute Gasteiger partial charge is 0.136 e. The Bertz CT molecular complexity index is 10500. The maximum atomic E-state index is 9.27. The summed E-state index contributed by atoms with van der Waals surface area (Å²) in [6.45, 7) is 2.04. The van der Waals surface area contributed by atoms with Crippen molar-refractivity contribution >= 4 is 174 Å². The molecule has 0 aliphatic heterocycles. The molecule has 0 radical (unpaired) electrons. The number of furan rings is 3. The molecule has 128 heavy (non-hydrogen) atoms. The summed E-state index contributed by atoms with van der Waals surface area (Å²) in [5.74, 6) is 0. The molecule has 596 valence electrons. The van der Waals surface area contributed by atoms with Crippen LogP contribution in [0.1, 0.15) is 38.5 Å². The summed E-state index contributed by atoms with van der Waals surface area (Å²) >= 11 is 0. The van der Waals surface area contributed by atoms with E-state index in [1.54, 1.807) is 84.9 Å². The largest absolute Gasteiger partial charge is 0.456 e. The lowest BCUT2D eigenvalue weighted by Gasteiger charge is -2.18. The van der Waals surface area contributed by atoms with Gasteiger partial charge in [0.1, 0.15) is 33.5 Å². The van der Waals surface area contributed by atoms with E-state index in [-0.39, 0.29) is 137 Å². The Balaban J connectivity index is 0.000000118. The second-order valence-electron chi connectivity index (χ2n) is 32.1. The number of benzene rings is 24. The van der Waals surface area contributed by atoms with Crippen LogP contribution in [0.2, 0.25) is 0 Å². The van der Waals surface area contributed by atoms with Crippen LogP contribution >= 0.6 is 0 Å². The maximum absolute atomic E-state index is 9.27. The van der Waals surface area contributed by atoms with Crippen LogP contribution in [0.3, 0.4) is 0 Å². The molecule has 3 aromatic heterocycles. The molecule has 0 aliphatic carbocycles. The topological polar surface area (TPSA) is 39.4 Å². The maximum Gasteiger partial charge on any atom is 0.136 e. The highest BCUT2D eigenvalue weighted by atomic mass is 16.3. The first kappa shape index (κ1) is 53.3. The fraction of sp³-hybridized carbons (Fsp3) is 0.00800. The van der Waals surface area contributed by atoms with Crippen LogP contribution in [-0.4, -0.2) is 0 Å². The van der Waals surface area contributed by atoms with Gasteiger partial charge in [-0.2, -0.15) is 0 Å². The van der Waals surface area contributed by atoms with Crippen LogP contribution < -0.4 is 0 Å². The summed E-state index contributed by atoms with van der Waals surface area (Å²) in [6, 6.07) is 90.4. The number of hydrogen-bond acceptors (Lipinski definition) is 3. The highest BCUT2D eigenvalue weighted by Crippen LogP contribution is 2.51. The highest BCUT2D eigenvalue weighted by molar-refractivity contribution is 6.28.